The lowest BCUT2D eigenvalue weighted by Crippen LogP contribution is -2.06. The van der Waals surface area contributed by atoms with Gasteiger partial charge in [-0.15, -0.1) is 0 Å². The quantitative estimate of drug-likeness (QED) is 0.168. The zero-order valence-corrected chi connectivity index (χ0v) is 22.6. The summed E-state index contributed by atoms with van der Waals surface area (Å²) in [6.07, 6.45) is 0. The number of rotatable bonds is 5. The first-order chi connectivity index (χ1) is 20.5. The number of hydrogen-bond acceptors (Lipinski definition) is 8. The molecule has 0 aliphatic carbocycles. The maximum atomic E-state index is 13.1. The van der Waals surface area contributed by atoms with Crippen molar-refractivity contribution in [3.8, 4) is 45.4 Å². The van der Waals surface area contributed by atoms with Crippen LogP contribution >= 0.6 is 0 Å². The monoisotopic (exact) mass is 554 g/mol. The van der Waals surface area contributed by atoms with Crippen LogP contribution in [0.4, 0.5) is 0 Å². The molecule has 7 rings (SSSR count). The fourth-order valence-electron chi connectivity index (χ4n) is 5.11. The van der Waals surface area contributed by atoms with Crippen LogP contribution in [0.5, 0.6) is 11.5 Å². The number of benzene rings is 3. The molecule has 0 N–H and O–H groups in total. The normalized spacial score (nSPS) is 11.3. The molecule has 0 unspecified atom stereocenters. The molecule has 0 amide bonds. The summed E-state index contributed by atoms with van der Waals surface area (Å²) in [6.45, 7) is 0. The SMILES string of the molecule is COc1cc(OC)c2cc(-c3cccc(-c4cccc(-c5cc6ccc7ccccc7c6oc5=O)n4)n3)c(=O)oc2c1. The Hall–Kier alpha value is -5.76. The molecule has 0 spiro atoms. The molecule has 0 aliphatic rings. The van der Waals surface area contributed by atoms with Gasteiger partial charge in [-0.05, 0) is 41.8 Å². The second kappa shape index (κ2) is 10.0. The summed E-state index contributed by atoms with van der Waals surface area (Å²) in [4.78, 5) is 35.6. The largest absolute Gasteiger partial charge is 0.496 e. The van der Waals surface area contributed by atoms with E-state index in [1.54, 1.807) is 60.7 Å². The predicted octanol–water partition coefficient (Wildman–Crippen LogP) is 6.86. The molecule has 42 heavy (non-hydrogen) atoms. The lowest BCUT2D eigenvalue weighted by Gasteiger charge is -2.10. The Morgan fingerprint density at radius 3 is 1.93 bits per heavy atom. The van der Waals surface area contributed by atoms with Crippen LogP contribution in [0.2, 0.25) is 0 Å². The maximum Gasteiger partial charge on any atom is 0.345 e. The third-order valence-corrected chi connectivity index (χ3v) is 7.18. The number of hydrogen-bond donors (Lipinski definition) is 0. The van der Waals surface area contributed by atoms with Crippen molar-refractivity contribution in [3.05, 3.63) is 118 Å². The number of ether oxygens (including phenoxy) is 2. The minimum atomic E-state index is -0.550. The molecule has 8 heteroatoms. The van der Waals surface area contributed by atoms with E-state index in [4.69, 9.17) is 28.3 Å². The van der Waals surface area contributed by atoms with Gasteiger partial charge in [0.1, 0.15) is 22.7 Å². The molecule has 4 aromatic heterocycles. The summed E-state index contributed by atoms with van der Waals surface area (Å²) in [5.74, 6) is 1.01. The molecule has 0 saturated carbocycles. The average Bonchev–Trinajstić information content (AvgIpc) is 3.03. The van der Waals surface area contributed by atoms with Gasteiger partial charge in [-0.2, -0.15) is 0 Å². The summed E-state index contributed by atoms with van der Waals surface area (Å²) in [5, 5.41) is 3.27. The first kappa shape index (κ1) is 25.2. The van der Waals surface area contributed by atoms with E-state index in [0.717, 1.165) is 16.2 Å². The molecule has 0 radical (unpaired) electrons. The van der Waals surface area contributed by atoms with Gasteiger partial charge in [-0.1, -0.05) is 48.5 Å². The molecule has 204 valence electrons. The van der Waals surface area contributed by atoms with Crippen molar-refractivity contribution in [3.63, 3.8) is 0 Å². The zero-order chi connectivity index (χ0) is 28.8. The maximum absolute atomic E-state index is 13.1. The zero-order valence-electron chi connectivity index (χ0n) is 22.6. The summed E-state index contributed by atoms with van der Waals surface area (Å²) < 4.78 is 22.2. The molecular formula is C34H22N2O6. The lowest BCUT2D eigenvalue weighted by molar-refractivity contribution is 0.396. The third kappa shape index (κ3) is 4.26. The first-order valence-corrected chi connectivity index (χ1v) is 13.1. The smallest absolute Gasteiger partial charge is 0.345 e. The van der Waals surface area contributed by atoms with Crippen LogP contribution in [-0.4, -0.2) is 24.2 Å². The van der Waals surface area contributed by atoms with E-state index in [9.17, 15) is 9.59 Å². The minimum absolute atomic E-state index is 0.270. The average molecular weight is 555 g/mol. The molecule has 0 saturated heterocycles. The van der Waals surface area contributed by atoms with Crippen molar-refractivity contribution < 1.29 is 18.3 Å². The van der Waals surface area contributed by atoms with Gasteiger partial charge >= 0.3 is 11.3 Å². The highest BCUT2D eigenvalue weighted by Crippen LogP contribution is 2.33. The summed E-state index contributed by atoms with van der Waals surface area (Å²) in [5.41, 5.74) is 2.36. The van der Waals surface area contributed by atoms with Crippen LogP contribution < -0.4 is 20.7 Å². The van der Waals surface area contributed by atoms with Gasteiger partial charge in [0.15, 0.2) is 0 Å². The second-order valence-electron chi connectivity index (χ2n) is 9.66. The summed E-state index contributed by atoms with van der Waals surface area (Å²) in [6, 6.07) is 29.2. The Balaban J connectivity index is 1.31. The van der Waals surface area contributed by atoms with Gasteiger partial charge in [0.2, 0.25) is 0 Å². The Morgan fingerprint density at radius 1 is 0.571 bits per heavy atom. The minimum Gasteiger partial charge on any atom is -0.496 e. The van der Waals surface area contributed by atoms with Crippen LogP contribution in [0.3, 0.4) is 0 Å². The van der Waals surface area contributed by atoms with Crippen molar-refractivity contribution in [2.24, 2.45) is 0 Å². The third-order valence-electron chi connectivity index (χ3n) is 7.18. The van der Waals surface area contributed by atoms with Crippen LogP contribution in [0.1, 0.15) is 0 Å². The van der Waals surface area contributed by atoms with E-state index in [0.29, 0.717) is 56.4 Å². The van der Waals surface area contributed by atoms with Crippen molar-refractivity contribution in [2.75, 3.05) is 14.2 Å². The Labute approximate surface area is 238 Å². The lowest BCUT2D eigenvalue weighted by atomic mass is 10.0. The molecule has 4 heterocycles. The van der Waals surface area contributed by atoms with E-state index in [1.807, 2.05) is 36.4 Å². The van der Waals surface area contributed by atoms with Crippen molar-refractivity contribution in [1.29, 1.82) is 0 Å². The first-order valence-electron chi connectivity index (χ1n) is 13.1. The van der Waals surface area contributed by atoms with E-state index in [-0.39, 0.29) is 5.56 Å². The predicted molar refractivity (Wildman–Crippen MR) is 161 cm³/mol. The Morgan fingerprint density at radius 2 is 1.21 bits per heavy atom. The van der Waals surface area contributed by atoms with Gasteiger partial charge in [0.25, 0.3) is 0 Å². The highest BCUT2D eigenvalue weighted by atomic mass is 16.5. The molecule has 7 aromatic rings. The standard InChI is InChI=1S/C34H22N2O6/c1-39-21-16-30(40-2)25-18-24(33(37)41-31(25)17-21)27-10-6-12-29(36-27)28-11-5-9-26(35-28)23-15-20-14-13-19-7-3-4-8-22(19)32(20)42-34(23)38/h3-18H,1-2H3. The molecule has 3 aromatic carbocycles. The Bertz CT molecular complexity index is 2290. The van der Waals surface area contributed by atoms with Crippen LogP contribution in [0, 0.1) is 0 Å². The fraction of sp³-hybridized carbons (Fsp3) is 0.0588. The molecule has 0 fully saturated rings. The van der Waals surface area contributed by atoms with Crippen LogP contribution in [0.25, 0.3) is 66.6 Å². The van der Waals surface area contributed by atoms with Crippen molar-refractivity contribution in [2.45, 2.75) is 0 Å². The van der Waals surface area contributed by atoms with Gasteiger partial charge in [0, 0.05) is 22.9 Å². The van der Waals surface area contributed by atoms with Gasteiger partial charge in [-0.25, -0.2) is 19.6 Å². The van der Waals surface area contributed by atoms with Gasteiger partial charge < -0.3 is 18.3 Å². The molecule has 0 atom stereocenters. The molecule has 0 aliphatic heterocycles. The highest BCUT2D eigenvalue weighted by molar-refractivity contribution is 6.04. The van der Waals surface area contributed by atoms with E-state index >= 15 is 0 Å². The topological polar surface area (TPSA) is 105 Å². The molecular weight excluding hydrogens is 532 g/mol. The van der Waals surface area contributed by atoms with Crippen LogP contribution in [0.15, 0.2) is 115 Å². The van der Waals surface area contributed by atoms with E-state index in [2.05, 4.69) is 0 Å². The number of nitrogens with zero attached hydrogens (tertiary/aromatic N) is 2. The van der Waals surface area contributed by atoms with Crippen molar-refractivity contribution in [1.82, 2.24) is 9.97 Å². The number of aromatic nitrogens is 2. The van der Waals surface area contributed by atoms with Gasteiger partial charge in [0.05, 0.1) is 53.5 Å². The number of pyridine rings is 2. The molecule has 8 nitrogen and oxygen atoms in total. The summed E-state index contributed by atoms with van der Waals surface area (Å²) in [7, 11) is 3.06. The van der Waals surface area contributed by atoms with Crippen LogP contribution in [-0.2, 0) is 0 Å². The molecule has 0 bridgehead atoms. The second-order valence-corrected chi connectivity index (χ2v) is 9.66. The number of fused-ring (bicyclic) bond motifs is 4. The number of methoxy groups -OCH3 is 2. The summed E-state index contributed by atoms with van der Waals surface area (Å²) >= 11 is 0. The van der Waals surface area contributed by atoms with Gasteiger partial charge in [-0.3, -0.25) is 0 Å². The van der Waals surface area contributed by atoms with E-state index < -0.39 is 11.3 Å². The highest BCUT2D eigenvalue weighted by Gasteiger charge is 2.16. The Kier molecular flexibility index (Phi) is 6.01. The van der Waals surface area contributed by atoms with Crippen molar-refractivity contribution >= 4 is 32.7 Å². The fourth-order valence-corrected chi connectivity index (χ4v) is 5.11. The van der Waals surface area contributed by atoms with E-state index in [1.165, 1.54) is 14.2 Å².